The Morgan fingerprint density at radius 1 is 1.36 bits per heavy atom. The van der Waals surface area contributed by atoms with Crippen LogP contribution in [0.3, 0.4) is 0 Å². The zero-order valence-corrected chi connectivity index (χ0v) is 7.82. The predicted octanol–water partition coefficient (Wildman–Crippen LogP) is 1.75. The number of carboxylic acid groups (broad SMARTS) is 1. The number of hydrogen-bond donors (Lipinski definition) is 3. The van der Waals surface area contributed by atoms with Crippen LogP contribution in [0, 0.1) is 0 Å². The molecule has 1 aromatic rings. The zero-order chi connectivity index (χ0) is 10.7. The Morgan fingerprint density at radius 2 is 2.00 bits per heavy atom. The number of aromatic hydroxyl groups is 2. The first kappa shape index (κ1) is 10.4. The molecule has 0 heterocycles. The fourth-order valence-corrected chi connectivity index (χ4v) is 1.27. The average Bonchev–Trinajstić information content (AvgIpc) is 2.11. The lowest BCUT2D eigenvalue weighted by Crippen LogP contribution is -1.98. The van der Waals surface area contributed by atoms with Crippen molar-refractivity contribution in [3.63, 3.8) is 0 Å². The number of aromatic carboxylic acids is 1. The van der Waals surface area contributed by atoms with Gasteiger partial charge in [-0.05, 0) is 24.1 Å². The molecule has 1 aromatic carbocycles. The first-order chi connectivity index (χ1) is 6.56. The highest BCUT2D eigenvalue weighted by molar-refractivity contribution is 5.92. The maximum absolute atomic E-state index is 10.7. The summed E-state index contributed by atoms with van der Waals surface area (Å²) in [6.07, 6.45) is 1.53. The van der Waals surface area contributed by atoms with Gasteiger partial charge in [-0.15, -0.1) is 0 Å². The number of rotatable bonds is 3. The predicted molar refractivity (Wildman–Crippen MR) is 50.7 cm³/mol. The summed E-state index contributed by atoms with van der Waals surface area (Å²) in [6.45, 7) is 1.95. The number of hydrogen-bond acceptors (Lipinski definition) is 3. The second-order valence-electron chi connectivity index (χ2n) is 3.07. The Morgan fingerprint density at radius 3 is 2.50 bits per heavy atom. The third-order valence-corrected chi connectivity index (χ3v) is 1.92. The van der Waals surface area contributed by atoms with Crippen molar-refractivity contribution in [1.29, 1.82) is 0 Å². The summed E-state index contributed by atoms with van der Waals surface area (Å²) in [6, 6.07) is 2.76. The standard InChI is InChI=1S/C10H12O4/c1-2-3-6-4-7(10(13)14)9(12)8(11)5-6/h4-5,11-12H,2-3H2,1H3,(H,13,14). The van der Waals surface area contributed by atoms with Crippen molar-refractivity contribution < 1.29 is 20.1 Å². The van der Waals surface area contributed by atoms with Crippen molar-refractivity contribution in [2.24, 2.45) is 0 Å². The number of phenols is 2. The first-order valence-corrected chi connectivity index (χ1v) is 4.34. The molecule has 0 atom stereocenters. The van der Waals surface area contributed by atoms with E-state index in [4.69, 9.17) is 5.11 Å². The minimum Gasteiger partial charge on any atom is -0.504 e. The van der Waals surface area contributed by atoms with Gasteiger partial charge in [0.1, 0.15) is 5.56 Å². The van der Waals surface area contributed by atoms with Gasteiger partial charge in [-0.2, -0.15) is 0 Å². The molecule has 0 saturated heterocycles. The van der Waals surface area contributed by atoms with E-state index in [9.17, 15) is 15.0 Å². The lowest BCUT2D eigenvalue weighted by molar-refractivity contribution is 0.0693. The molecule has 0 saturated carbocycles. The van der Waals surface area contributed by atoms with Gasteiger partial charge >= 0.3 is 5.97 Å². The number of aryl methyl sites for hydroxylation is 1. The lowest BCUT2D eigenvalue weighted by Gasteiger charge is -2.05. The van der Waals surface area contributed by atoms with Gasteiger partial charge in [0.15, 0.2) is 11.5 Å². The summed E-state index contributed by atoms with van der Waals surface area (Å²) >= 11 is 0. The summed E-state index contributed by atoms with van der Waals surface area (Å²) in [5.74, 6) is -2.19. The molecule has 4 nitrogen and oxygen atoms in total. The van der Waals surface area contributed by atoms with E-state index in [1.165, 1.54) is 12.1 Å². The van der Waals surface area contributed by atoms with Gasteiger partial charge < -0.3 is 15.3 Å². The zero-order valence-electron chi connectivity index (χ0n) is 7.82. The van der Waals surface area contributed by atoms with Crippen molar-refractivity contribution in [1.82, 2.24) is 0 Å². The second kappa shape index (κ2) is 4.00. The largest absolute Gasteiger partial charge is 0.504 e. The van der Waals surface area contributed by atoms with E-state index >= 15 is 0 Å². The smallest absolute Gasteiger partial charge is 0.339 e. The van der Waals surface area contributed by atoms with Crippen LogP contribution in [0.2, 0.25) is 0 Å². The highest BCUT2D eigenvalue weighted by atomic mass is 16.4. The van der Waals surface area contributed by atoms with E-state index in [0.29, 0.717) is 12.0 Å². The minimum absolute atomic E-state index is 0.256. The molecule has 0 bridgehead atoms. The number of carboxylic acids is 1. The summed E-state index contributed by atoms with van der Waals surface area (Å²) in [4.78, 5) is 10.7. The summed E-state index contributed by atoms with van der Waals surface area (Å²) in [5.41, 5.74) is 0.452. The van der Waals surface area contributed by atoms with Crippen molar-refractivity contribution in [2.45, 2.75) is 19.8 Å². The second-order valence-corrected chi connectivity index (χ2v) is 3.07. The Bertz CT molecular complexity index is 357. The third kappa shape index (κ3) is 1.96. The van der Waals surface area contributed by atoms with Gasteiger partial charge in [-0.1, -0.05) is 13.3 Å². The highest BCUT2D eigenvalue weighted by Crippen LogP contribution is 2.30. The van der Waals surface area contributed by atoms with Gasteiger partial charge in [0.25, 0.3) is 0 Å². The van der Waals surface area contributed by atoms with Crippen LogP contribution in [0.25, 0.3) is 0 Å². The van der Waals surface area contributed by atoms with Gasteiger partial charge in [-0.3, -0.25) is 0 Å². The normalized spacial score (nSPS) is 10.1. The molecule has 0 aliphatic carbocycles. The molecule has 0 unspecified atom stereocenters. The Labute approximate surface area is 81.4 Å². The van der Waals surface area contributed by atoms with Crippen molar-refractivity contribution in [3.8, 4) is 11.5 Å². The molecule has 0 radical (unpaired) electrons. The summed E-state index contributed by atoms with van der Waals surface area (Å²) in [5, 5.41) is 27.2. The van der Waals surface area contributed by atoms with Crippen molar-refractivity contribution in [3.05, 3.63) is 23.3 Å². The Balaban J connectivity index is 3.21. The van der Waals surface area contributed by atoms with Crippen LogP contribution >= 0.6 is 0 Å². The van der Waals surface area contributed by atoms with E-state index in [0.717, 1.165) is 6.42 Å². The van der Waals surface area contributed by atoms with Crippen molar-refractivity contribution in [2.75, 3.05) is 0 Å². The molecule has 1 rings (SSSR count). The fourth-order valence-electron chi connectivity index (χ4n) is 1.27. The van der Waals surface area contributed by atoms with Crippen LogP contribution in [0.15, 0.2) is 12.1 Å². The van der Waals surface area contributed by atoms with Crippen LogP contribution in [0.1, 0.15) is 29.3 Å². The van der Waals surface area contributed by atoms with E-state index in [1.54, 1.807) is 0 Å². The van der Waals surface area contributed by atoms with Crippen LogP contribution in [0.5, 0.6) is 11.5 Å². The Hall–Kier alpha value is -1.71. The van der Waals surface area contributed by atoms with Crippen molar-refractivity contribution >= 4 is 5.97 Å². The molecular weight excluding hydrogens is 184 g/mol. The molecule has 0 aliphatic heterocycles. The van der Waals surface area contributed by atoms with E-state index < -0.39 is 11.7 Å². The Kier molecular flexibility index (Phi) is 2.96. The average molecular weight is 196 g/mol. The molecule has 0 aromatic heterocycles. The monoisotopic (exact) mass is 196 g/mol. The van der Waals surface area contributed by atoms with Gasteiger partial charge in [0.2, 0.25) is 0 Å². The number of phenolic OH excluding ortho intramolecular Hbond substituents is 1. The summed E-state index contributed by atoms with van der Waals surface area (Å²) in [7, 11) is 0. The molecule has 0 fully saturated rings. The third-order valence-electron chi connectivity index (χ3n) is 1.92. The molecule has 0 spiro atoms. The molecule has 4 heteroatoms. The van der Waals surface area contributed by atoms with Crippen LogP contribution in [0.4, 0.5) is 0 Å². The summed E-state index contributed by atoms with van der Waals surface area (Å²) < 4.78 is 0. The van der Waals surface area contributed by atoms with Gasteiger partial charge in [0.05, 0.1) is 0 Å². The molecule has 0 aliphatic rings. The molecule has 0 amide bonds. The van der Waals surface area contributed by atoms with Gasteiger partial charge in [0, 0.05) is 0 Å². The fraction of sp³-hybridized carbons (Fsp3) is 0.300. The number of benzene rings is 1. The maximum atomic E-state index is 10.7. The van der Waals surface area contributed by atoms with E-state index in [1.807, 2.05) is 6.92 Å². The maximum Gasteiger partial charge on any atom is 0.339 e. The van der Waals surface area contributed by atoms with Gasteiger partial charge in [-0.25, -0.2) is 4.79 Å². The van der Waals surface area contributed by atoms with E-state index in [-0.39, 0.29) is 11.3 Å². The highest BCUT2D eigenvalue weighted by Gasteiger charge is 2.14. The molecular formula is C10H12O4. The van der Waals surface area contributed by atoms with Crippen LogP contribution in [-0.4, -0.2) is 21.3 Å². The quantitative estimate of drug-likeness (QED) is 0.643. The SMILES string of the molecule is CCCc1cc(O)c(O)c(C(=O)O)c1. The molecule has 76 valence electrons. The van der Waals surface area contributed by atoms with E-state index in [2.05, 4.69) is 0 Å². The molecule has 3 N–H and O–H groups in total. The first-order valence-electron chi connectivity index (χ1n) is 4.34. The minimum atomic E-state index is -1.24. The van der Waals surface area contributed by atoms with Crippen LogP contribution < -0.4 is 0 Å². The number of carbonyl (C=O) groups is 1. The lowest BCUT2D eigenvalue weighted by atomic mass is 10.1. The topological polar surface area (TPSA) is 77.8 Å². The van der Waals surface area contributed by atoms with Crippen LogP contribution in [-0.2, 0) is 6.42 Å². The molecule has 14 heavy (non-hydrogen) atoms.